The zero-order valence-electron chi connectivity index (χ0n) is 10.6. The maximum atomic E-state index is 10.7. The molecule has 2 unspecified atom stereocenters. The van der Waals surface area contributed by atoms with Crippen molar-refractivity contribution in [2.75, 3.05) is 6.54 Å². The van der Waals surface area contributed by atoms with Crippen LogP contribution >= 0.6 is 0 Å². The highest BCUT2D eigenvalue weighted by Gasteiger charge is 2.36. The number of unbranched alkanes of at least 4 members (excludes halogenated alkanes) is 1. The lowest BCUT2D eigenvalue weighted by Crippen LogP contribution is -2.55. The number of nitrogens with zero attached hydrogens (tertiary/aromatic N) is 1. The van der Waals surface area contributed by atoms with Crippen LogP contribution in [0.1, 0.15) is 51.4 Å². The first-order valence-electron chi connectivity index (χ1n) is 6.96. The molecule has 17 heavy (non-hydrogen) atoms. The first-order valence-corrected chi connectivity index (χ1v) is 6.96. The minimum atomic E-state index is -0.175. The first-order chi connectivity index (χ1) is 8.16. The molecule has 2 saturated heterocycles. The van der Waals surface area contributed by atoms with E-state index in [2.05, 4.69) is 4.90 Å². The number of carbonyl (C=O) groups excluding carboxylic acids is 1. The van der Waals surface area contributed by atoms with Crippen molar-refractivity contribution in [1.82, 2.24) is 4.90 Å². The number of piperidine rings is 2. The summed E-state index contributed by atoms with van der Waals surface area (Å²) in [6.45, 7) is 1.12. The van der Waals surface area contributed by atoms with E-state index < -0.39 is 0 Å². The Kier molecular flexibility index (Phi) is 4.40. The summed E-state index contributed by atoms with van der Waals surface area (Å²) in [4.78, 5) is 13.3. The Bertz CT molecular complexity index is 255. The molecule has 2 fully saturated rings. The number of hydrogen-bond donors (Lipinski definition) is 2. The predicted octanol–water partition coefficient (Wildman–Crippen LogP) is 0.986. The van der Waals surface area contributed by atoms with Crippen LogP contribution in [0.3, 0.4) is 0 Å². The van der Waals surface area contributed by atoms with Crippen molar-refractivity contribution in [3.63, 3.8) is 0 Å². The van der Waals surface area contributed by atoms with Crippen LogP contribution in [0.2, 0.25) is 0 Å². The van der Waals surface area contributed by atoms with Gasteiger partial charge >= 0.3 is 0 Å². The van der Waals surface area contributed by atoms with Crippen molar-refractivity contribution in [1.29, 1.82) is 0 Å². The standard InChI is InChI=1S/C13H25N3O/c14-10-8-11-4-3-5-12(9-10)16(11)7-2-1-6-13(15)17/h10-12H,1-9,14H2,(H2,15,17). The van der Waals surface area contributed by atoms with Gasteiger partial charge in [-0.25, -0.2) is 0 Å². The first kappa shape index (κ1) is 12.8. The van der Waals surface area contributed by atoms with Gasteiger partial charge < -0.3 is 11.5 Å². The summed E-state index contributed by atoms with van der Waals surface area (Å²) in [5.41, 5.74) is 11.2. The molecule has 0 aromatic carbocycles. The van der Waals surface area contributed by atoms with Gasteiger partial charge in [-0.15, -0.1) is 0 Å². The van der Waals surface area contributed by atoms with Crippen molar-refractivity contribution < 1.29 is 4.79 Å². The molecule has 0 spiro atoms. The second-order valence-corrected chi connectivity index (χ2v) is 5.63. The van der Waals surface area contributed by atoms with Gasteiger partial charge in [-0.05, 0) is 45.1 Å². The van der Waals surface area contributed by atoms with E-state index in [0.717, 1.165) is 32.2 Å². The number of carbonyl (C=O) groups is 1. The molecule has 4 N–H and O–H groups in total. The number of rotatable bonds is 5. The van der Waals surface area contributed by atoms with Crippen molar-refractivity contribution >= 4 is 5.91 Å². The number of nitrogens with two attached hydrogens (primary N) is 2. The SMILES string of the molecule is NC(=O)CCCCN1C2CCCC1CC(N)C2. The molecule has 0 saturated carbocycles. The van der Waals surface area contributed by atoms with Gasteiger partial charge in [0.25, 0.3) is 0 Å². The molecule has 2 atom stereocenters. The molecule has 0 aromatic heterocycles. The average Bonchev–Trinajstić information content (AvgIpc) is 2.24. The molecule has 1 amide bonds. The van der Waals surface area contributed by atoms with Crippen LogP contribution < -0.4 is 11.5 Å². The topological polar surface area (TPSA) is 72.4 Å². The van der Waals surface area contributed by atoms with E-state index in [0.29, 0.717) is 24.5 Å². The van der Waals surface area contributed by atoms with Gasteiger partial charge in [-0.1, -0.05) is 6.42 Å². The lowest BCUT2D eigenvalue weighted by molar-refractivity contribution is -0.118. The van der Waals surface area contributed by atoms with Gasteiger partial charge in [0, 0.05) is 24.5 Å². The lowest BCUT2D eigenvalue weighted by atomic mass is 9.82. The fourth-order valence-electron chi connectivity index (χ4n) is 3.48. The Morgan fingerprint density at radius 3 is 2.41 bits per heavy atom. The highest BCUT2D eigenvalue weighted by molar-refractivity contribution is 5.73. The van der Waals surface area contributed by atoms with E-state index >= 15 is 0 Å². The van der Waals surface area contributed by atoms with Crippen LogP contribution in [0, 0.1) is 0 Å². The second-order valence-electron chi connectivity index (χ2n) is 5.63. The quantitative estimate of drug-likeness (QED) is 0.703. The van der Waals surface area contributed by atoms with E-state index in [1.54, 1.807) is 0 Å². The molecule has 2 aliphatic heterocycles. The zero-order valence-corrected chi connectivity index (χ0v) is 10.6. The molecule has 4 heteroatoms. The van der Waals surface area contributed by atoms with Crippen molar-refractivity contribution in [3.8, 4) is 0 Å². The molecule has 4 nitrogen and oxygen atoms in total. The minimum Gasteiger partial charge on any atom is -0.370 e. The third-order valence-electron chi connectivity index (χ3n) is 4.25. The summed E-state index contributed by atoms with van der Waals surface area (Å²) < 4.78 is 0. The van der Waals surface area contributed by atoms with Crippen LogP contribution in [0.4, 0.5) is 0 Å². The zero-order chi connectivity index (χ0) is 12.3. The molecular formula is C13H25N3O. The van der Waals surface area contributed by atoms with E-state index in [1.807, 2.05) is 0 Å². The van der Waals surface area contributed by atoms with Gasteiger partial charge in [0.05, 0.1) is 0 Å². The molecule has 2 aliphatic rings. The summed E-state index contributed by atoms with van der Waals surface area (Å²) >= 11 is 0. The Labute approximate surface area is 104 Å². The molecule has 2 rings (SSSR count). The Hall–Kier alpha value is -0.610. The van der Waals surface area contributed by atoms with Crippen molar-refractivity contribution in [2.45, 2.75) is 69.5 Å². The Balaban J connectivity index is 1.77. The fraction of sp³-hybridized carbons (Fsp3) is 0.923. The van der Waals surface area contributed by atoms with Crippen molar-refractivity contribution in [2.24, 2.45) is 11.5 Å². The predicted molar refractivity (Wildman–Crippen MR) is 68.4 cm³/mol. The third kappa shape index (κ3) is 3.42. The Morgan fingerprint density at radius 2 is 1.82 bits per heavy atom. The van der Waals surface area contributed by atoms with Gasteiger partial charge in [0.1, 0.15) is 0 Å². The average molecular weight is 239 g/mol. The highest BCUT2D eigenvalue weighted by atomic mass is 16.1. The number of fused-ring (bicyclic) bond motifs is 2. The third-order valence-corrected chi connectivity index (χ3v) is 4.25. The van der Waals surface area contributed by atoms with Crippen LogP contribution in [0.15, 0.2) is 0 Å². The van der Waals surface area contributed by atoms with Crippen LogP contribution in [-0.4, -0.2) is 35.5 Å². The maximum absolute atomic E-state index is 10.7. The molecule has 0 aliphatic carbocycles. The monoisotopic (exact) mass is 239 g/mol. The van der Waals surface area contributed by atoms with Gasteiger partial charge in [0.15, 0.2) is 0 Å². The van der Waals surface area contributed by atoms with Gasteiger partial charge in [-0.3, -0.25) is 9.69 Å². The second kappa shape index (κ2) is 5.83. The summed E-state index contributed by atoms with van der Waals surface area (Å²) in [7, 11) is 0. The van der Waals surface area contributed by atoms with Crippen molar-refractivity contribution in [3.05, 3.63) is 0 Å². The molecule has 98 valence electrons. The highest BCUT2D eigenvalue weighted by Crippen LogP contribution is 2.33. The molecule has 0 aromatic rings. The van der Waals surface area contributed by atoms with Crippen LogP contribution in [0.25, 0.3) is 0 Å². The van der Waals surface area contributed by atoms with Gasteiger partial charge in [-0.2, -0.15) is 0 Å². The van der Waals surface area contributed by atoms with E-state index in [4.69, 9.17) is 11.5 Å². The molecule has 0 radical (unpaired) electrons. The largest absolute Gasteiger partial charge is 0.370 e. The maximum Gasteiger partial charge on any atom is 0.217 e. The number of primary amides is 1. The van der Waals surface area contributed by atoms with E-state index in [9.17, 15) is 4.79 Å². The Morgan fingerprint density at radius 1 is 1.18 bits per heavy atom. The summed E-state index contributed by atoms with van der Waals surface area (Å²) in [5.74, 6) is -0.175. The summed E-state index contributed by atoms with van der Waals surface area (Å²) in [6.07, 6.45) is 8.84. The molecular weight excluding hydrogens is 214 g/mol. The van der Waals surface area contributed by atoms with Crippen LogP contribution in [-0.2, 0) is 4.79 Å². The lowest BCUT2D eigenvalue weighted by Gasteiger charge is -2.48. The minimum absolute atomic E-state index is 0.175. The number of hydrogen-bond acceptors (Lipinski definition) is 3. The summed E-state index contributed by atoms with van der Waals surface area (Å²) in [5, 5.41) is 0. The smallest absolute Gasteiger partial charge is 0.217 e. The molecule has 2 bridgehead atoms. The van der Waals surface area contributed by atoms with E-state index in [-0.39, 0.29) is 5.91 Å². The van der Waals surface area contributed by atoms with Gasteiger partial charge in [0.2, 0.25) is 5.91 Å². The molecule has 2 heterocycles. The van der Waals surface area contributed by atoms with E-state index in [1.165, 1.54) is 19.3 Å². The van der Waals surface area contributed by atoms with Crippen LogP contribution in [0.5, 0.6) is 0 Å². The number of amides is 1. The fourth-order valence-corrected chi connectivity index (χ4v) is 3.48. The summed E-state index contributed by atoms with van der Waals surface area (Å²) in [6, 6.07) is 1.81. The normalized spacial score (nSPS) is 33.6.